The molecule has 168 valence electrons. The summed E-state index contributed by atoms with van der Waals surface area (Å²) < 4.78 is 160. The van der Waals surface area contributed by atoms with E-state index in [0.29, 0.717) is 0 Å². The molecule has 0 aliphatic carbocycles. The van der Waals surface area contributed by atoms with E-state index in [1.54, 1.807) is 0 Å². The van der Waals surface area contributed by atoms with Gasteiger partial charge in [-0.15, -0.1) is 0 Å². The van der Waals surface area contributed by atoms with Crippen LogP contribution in [0.4, 0.5) is 0 Å². The quantitative estimate of drug-likeness (QED) is 0.101. The molecule has 0 bridgehead atoms. The molecule has 0 aromatic rings. The Hall–Kier alpha value is 1.00. The van der Waals surface area contributed by atoms with Crippen LogP contribution in [0, 0.1) is 0 Å². The van der Waals surface area contributed by atoms with Crippen molar-refractivity contribution in [2.45, 2.75) is 0 Å². The van der Waals surface area contributed by atoms with Crippen LogP contribution >= 0.6 is 0 Å². The average molecular weight is 827 g/mol. The zero-order chi connectivity index (χ0) is 22.5. The van der Waals surface area contributed by atoms with Gasteiger partial charge in [-0.05, 0) is 0 Å². The first kappa shape index (κ1) is 41.4. The van der Waals surface area contributed by atoms with Gasteiger partial charge in [-0.3, -0.25) is 0 Å². The van der Waals surface area contributed by atoms with Gasteiger partial charge >= 0.3 is 155 Å². The van der Waals surface area contributed by atoms with E-state index in [-0.39, 0.29) is 6.15 Å². The maximum absolute atomic E-state index is 8.85. The molecule has 0 rings (SSSR count). The SMILES string of the molecule is N.[O]=[Mo](=[O])([OH])[OH].[O]=[Mo](=[O])([OH])[OH].[O]=[Mo](=[O])([OH])[OH].[O]=[Mo](=[O])([OH])[OH].[O]=[Mo](=[O])([OH])[OH]. The molecule has 0 atom stereocenters. The van der Waals surface area contributed by atoms with Gasteiger partial charge in [0.15, 0.2) is 0 Å². The molecule has 0 unspecified atom stereocenters. The van der Waals surface area contributed by atoms with Crippen LogP contribution in [0.15, 0.2) is 0 Å². The average Bonchev–Trinajstić information content (AvgIpc) is 1.79. The maximum atomic E-state index is 8.85. The Balaban J connectivity index is -0.0000000476. The summed E-state index contributed by atoms with van der Waals surface area (Å²) in [6.07, 6.45) is 0. The summed E-state index contributed by atoms with van der Waals surface area (Å²) in [7, 11) is 0. The van der Waals surface area contributed by atoms with E-state index in [2.05, 4.69) is 0 Å². The zero-order valence-corrected chi connectivity index (χ0v) is 21.3. The molecular weight excluding hydrogens is 814 g/mol. The van der Waals surface area contributed by atoms with E-state index in [0.717, 1.165) is 0 Å². The van der Waals surface area contributed by atoms with Crippen LogP contribution in [0.1, 0.15) is 0 Å². The van der Waals surface area contributed by atoms with Crippen molar-refractivity contribution in [1.82, 2.24) is 6.15 Å². The van der Waals surface area contributed by atoms with Gasteiger partial charge in [-0.25, -0.2) is 0 Å². The van der Waals surface area contributed by atoms with E-state index < -0.39 is 83.7 Å². The molecule has 0 aliphatic heterocycles. The summed E-state index contributed by atoms with van der Waals surface area (Å²) in [6, 6.07) is 0. The van der Waals surface area contributed by atoms with Crippen LogP contribution in [0.3, 0.4) is 0 Å². The van der Waals surface area contributed by atoms with Crippen molar-refractivity contribution in [1.29, 1.82) is 0 Å². The number of hydrogen-bond acceptors (Lipinski definition) is 11. The topological polar surface area (TPSA) is 408 Å². The molecule has 26 heteroatoms. The molecule has 0 aromatic heterocycles. The molecule has 13 N–H and O–H groups in total. The predicted octanol–water partition coefficient (Wildman–Crippen LogP) is -6.61. The van der Waals surface area contributed by atoms with Crippen LogP contribution in [-0.4, -0.2) is 37.6 Å². The first-order valence-electron chi connectivity index (χ1n) is 3.49. The van der Waals surface area contributed by atoms with Crippen LogP contribution < -0.4 is 6.15 Å². The number of rotatable bonds is 0. The third-order valence-corrected chi connectivity index (χ3v) is 0. The Morgan fingerprint density at radius 2 is 0.269 bits per heavy atom. The summed E-state index contributed by atoms with van der Waals surface area (Å²) in [5.74, 6) is 0. The standard InChI is InChI=1S/5Mo.H3N.10H2O.10O/h;;;;;1H3;10*1H2;;;;;;;;;;/q5*+2;;;;;;;;;;;;;;;;;;;;;/p-10. The van der Waals surface area contributed by atoms with Gasteiger partial charge in [0.25, 0.3) is 0 Å². The minimum absolute atomic E-state index is 0. The van der Waals surface area contributed by atoms with Crippen molar-refractivity contribution in [3.05, 3.63) is 0 Å². The third-order valence-electron chi connectivity index (χ3n) is 0. The minimum atomic E-state index is -5.52. The monoisotopic (exact) mass is 837 g/mol. The second kappa shape index (κ2) is 16.9. The van der Waals surface area contributed by atoms with Gasteiger partial charge in [-0.1, -0.05) is 0 Å². The second-order valence-electron chi connectivity index (χ2n) is 2.24. The Bertz CT molecular complexity index is 614. The Morgan fingerprint density at radius 3 is 0.269 bits per heavy atom. The summed E-state index contributed by atoms with van der Waals surface area (Å²) >= 11 is -27.6. The fourth-order valence-corrected chi connectivity index (χ4v) is 0. The van der Waals surface area contributed by atoms with Crippen LogP contribution in [0.5, 0.6) is 0 Å². The Morgan fingerprint density at radius 1 is 0.269 bits per heavy atom. The molecule has 0 saturated carbocycles. The molecule has 0 saturated heterocycles. The molecule has 0 amide bonds. The van der Waals surface area contributed by atoms with Crippen molar-refractivity contribution < 1.29 is 155 Å². The van der Waals surface area contributed by atoms with E-state index in [1.165, 1.54) is 0 Å². The fourth-order valence-electron chi connectivity index (χ4n) is 0. The van der Waals surface area contributed by atoms with Crippen LogP contribution in [0.2, 0.25) is 0 Å². The van der Waals surface area contributed by atoms with Gasteiger partial charge in [0.2, 0.25) is 0 Å². The van der Waals surface area contributed by atoms with Crippen molar-refractivity contribution in [3.8, 4) is 0 Å². The predicted molar refractivity (Wildman–Crippen MR) is 34.1 cm³/mol. The van der Waals surface area contributed by atoms with Crippen molar-refractivity contribution in [3.63, 3.8) is 0 Å². The van der Waals surface area contributed by atoms with Gasteiger partial charge in [0.05, 0.1) is 0 Å². The molecule has 0 fully saturated rings. The molecule has 0 heterocycles. The van der Waals surface area contributed by atoms with Gasteiger partial charge in [-0.2, -0.15) is 0 Å². The van der Waals surface area contributed by atoms with Crippen LogP contribution in [-0.2, 0) is 118 Å². The molecule has 21 nitrogen and oxygen atoms in total. The summed E-state index contributed by atoms with van der Waals surface area (Å²) in [4.78, 5) is 0. The first-order chi connectivity index (χ1) is 10.0. The van der Waals surface area contributed by atoms with E-state index in [4.69, 9.17) is 71.6 Å². The van der Waals surface area contributed by atoms with E-state index >= 15 is 0 Å². The van der Waals surface area contributed by atoms with Gasteiger partial charge in [0.1, 0.15) is 0 Å². The number of hydrogen-bond donors (Lipinski definition) is 11. The summed E-state index contributed by atoms with van der Waals surface area (Å²) in [6.45, 7) is 0. The third kappa shape index (κ3) is 14400. The zero-order valence-electron chi connectivity index (χ0n) is 11.3. The van der Waals surface area contributed by atoms with Crippen molar-refractivity contribution >= 4 is 0 Å². The van der Waals surface area contributed by atoms with Gasteiger partial charge in [0, 0.05) is 0 Å². The van der Waals surface area contributed by atoms with Crippen molar-refractivity contribution in [2.24, 2.45) is 0 Å². The van der Waals surface area contributed by atoms with Gasteiger partial charge < -0.3 is 6.15 Å². The second-order valence-corrected chi connectivity index (χ2v) is 13.2. The van der Waals surface area contributed by atoms with Crippen LogP contribution in [0.25, 0.3) is 0 Å². The normalized spacial score (nSPS) is 11.2. The molecule has 0 spiro atoms. The molecular formula is H13Mo5NO20. The molecule has 0 aromatic carbocycles. The van der Waals surface area contributed by atoms with E-state index in [1.807, 2.05) is 0 Å². The molecule has 0 aliphatic rings. The van der Waals surface area contributed by atoms with Crippen molar-refractivity contribution in [2.75, 3.05) is 0 Å². The molecule has 26 heavy (non-hydrogen) atoms. The Kier molecular flexibility index (Phi) is 26.9. The Labute approximate surface area is 160 Å². The summed E-state index contributed by atoms with van der Waals surface area (Å²) in [5, 5.41) is 0. The summed E-state index contributed by atoms with van der Waals surface area (Å²) in [5.41, 5.74) is 0. The molecule has 0 radical (unpaired) electrons. The van der Waals surface area contributed by atoms with E-state index in [9.17, 15) is 0 Å². The fraction of sp³-hybridized carbons (Fsp3) is 0. The first-order valence-corrected chi connectivity index (χ1v) is 20.7.